The number of nitrogens with one attached hydrogen (secondary N) is 1. The second-order valence-electron chi connectivity index (χ2n) is 5.15. The smallest absolute Gasteiger partial charge is 0.193 e. The highest BCUT2D eigenvalue weighted by Gasteiger charge is 1.96. The molecule has 0 bridgehead atoms. The molecule has 0 unspecified atom stereocenters. The summed E-state index contributed by atoms with van der Waals surface area (Å²) in [7, 11) is 0. The summed E-state index contributed by atoms with van der Waals surface area (Å²) in [6.45, 7) is 7.36. The van der Waals surface area contributed by atoms with Crippen LogP contribution in [0, 0.1) is 12.8 Å². The molecule has 0 spiro atoms. The fourth-order valence-electron chi connectivity index (χ4n) is 1.69. The fraction of sp³-hybridized carbons (Fsp3) is 0.533. The van der Waals surface area contributed by atoms with Crippen molar-refractivity contribution in [2.45, 2.75) is 40.0 Å². The Labute approximate surface area is 111 Å². The van der Waals surface area contributed by atoms with Gasteiger partial charge in [0.05, 0.1) is 0 Å². The summed E-state index contributed by atoms with van der Waals surface area (Å²) >= 11 is 0. The number of guanidine groups is 1. The van der Waals surface area contributed by atoms with Crippen LogP contribution >= 0.6 is 0 Å². The van der Waals surface area contributed by atoms with Gasteiger partial charge in [0.15, 0.2) is 5.96 Å². The number of hydrogen-bond donors (Lipinski definition) is 2. The molecule has 1 aromatic rings. The molecule has 0 atom stereocenters. The lowest BCUT2D eigenvalue weighted by molar-refractivity contribution is 0.542. The molecule has 0 aromatic heterocycles. The number of nitrogens with two attached hydrogens (primary N) is 1. The highest BCUT2D eigenvalue weighted by atomic mass is 15.1. The Hall–Kier alpha value is -1.51. The largest absolute Gasteiger partial charge is 0.370 e. The zero-order valence-electron chi connectivity index (χ0n) is 11.7. The third-order valence-corrected chi connectivity index (χ3v) is 2.80. The molecular formula is C15H25N3. The number of benzene rings is 1. The summed E-state index contributed by atoms with van der Waals surface area (Å²) in [5.74, 6) is 1.28. The normalized spacial score (nSPS) is 11.9. The lowest BCUT2D eigenvalue weighted by Gasteiger charge is -2.06. The Morgan fingerprint density at radius 2 is 1.89 bits per heavy atom. The molecule has 1 aromatic carbocycles. The molecule has 0 radical (unpaired) electrons. The van der Waals surface area contributed by atoms with Crippen LogP contribution in [0.1, 0.15) is 38.7 Å². The van der Waals surface area contributed by atoms with Crippen LogP contribution in [0.5, 0.6) is 0 Å². The molecule has 0 aliphatic carbocycles. The molecule has 18 heavy (non-hydrogen) atoms. The van der Waals surface area contributed by atoms with Gasteiger partial charge in [-0.05, 0) is 31.4 Å². The van der Waals surface area contributed by atoms with Crippen molar-refractivity contribution in [3.8, 4) is 0 Å². The van der Waals surface area contributed by atoms with Crippen LogP contribution in [0.25, 0.3) is 0 Å². The van der Waals surface area contributed by atoms with Crippen LogP contribution in [0.4, 0.5) is 5.69 Å². The summed E-state index contributed by atoms with van der Waals surface area (Å²) in [4.78, 5) is 4.32. The minimum absolute atomic E-state index is 0.503. The second kappa shape index (κ2) is 7.75. The SMILES string of the molecule is Cc1ccc(NC(N)=NCCCCC(C)C)cc1. The number of anilines is 1. The minimum Gasteiger partial charge on any atom is -0.370 e. The quantitative estimate of drug-likeness (QED) is 0.459. The van der Waals surface area contributed by atoms with E-state index in [0.717, 1.165) is 24.6 Å². The van der Waals surface area contributed by atoms with E-state index in [1.807, 2.05) is 12.1 Å². The van der Waals surface area contributed by atoms with E-state index in [4.69, 9.17) is 5.73 Å². The molecule has 0 saturated carbocycles. The number of aryl methyl sites for hydroxylation is 1. The van der Waals surface area contributed by atoms with Crippen LogP contribution < -0.4 is 11.1 Å². The number of hydrogen-bond acceptors (Lipinski definition) is 1. The summed E-state index contributed by atoms with van der Waals surface area (Å²) in [5, 5.41) is 3.10. The molecular weight excluding hydrogens is 222 g/mol. The lowest BCUT2D eigenvalue weighted by atomic mass is 10.1. The lowest BCUT2D eigenvalue weighted by Crippen LogP contribution is -2.22. The van der Waals surface area contributed by atoms with E-state index in [-0.39, 0.29) is 0 Å². The highest BCUT2D eigenvalue weighted by Crippen LogP contribution is 2.08. The van der Waals surface area contributed by atoms with Crippen molar-refractivity contribution >= 4 is 11.6 Å². The van der Waals surface area contributed by atoms with Crippen molar-refractivity contribution in [3.05, 3.63) is 29.8 Å². The van der Waals surface area contributed by atoms with Crippen LogP contribution in [0.15, 0.2) is 29.3 Å². The number of unbranched alkanes of at least 4 members (excludes halogenated alkanes) is 1. The number of nitrogens with zero attached hydrogens (tertiary/aromatic N) is 1. The summed E-state index contributed by atoms with van der Waals surface area (Å²) < 4.78 is 0. The van der Waals surface area contributed by atoms with Gasteiger partial charge >= 0.3 is 0 Å². The van der Waals surface area contributed by atoms with Crippen molar-refractivity contribution in [3.63, 3.8) is 0 Å². The molecule has 3 heteroatoms. The van der Waals surface area contributed by atoms with Crippen molar-refractivity contribution in [2.75, 3.05) is 11.9 Å². The molecule has 3 nitrogen and oxygen atoms in total. The van der Waals surface area contributed by atoms with Crippen molar-refractivity contribution in [1.29, 1.82) is 0 Å². The van der Waals surface area contributed by atoms with E-state index in [1.54, 1.807) is 0 Å². The van der Waals surface area contributed by atoms with Crippen LogP contribution in [-0.2, 0) is 0 Å². The van der Waals surface area contributed by atoms with Gasteiger partial charge in [-0.3, -0.25) is 4.99 Å². The van der Waals surface area contributed by atoms with Gasteiger partial charge in [-0.1, -0.05) is 44.4 Å². The van der Waals surface area contributed by atoms with Crippen molar-refractivity contribution in [1.82, 2.24) is 0 Å². The Kier molecular flexibility index (Phi) is 6.26. The third-order valence-electron chi connectivity index (χ3n) is 2.80. The van der Waals surface area contributed by atoms with Gasteiger partial charge in [0.2, 0.25) is 0 Å². The zero-order chi connectivity index (χ0) is 13.4. The molecule has 0 heterocycles. The average molecular weight is 247 g/mol. The van der Waals surface area contributed by atoms with Gasteiger partial charge in [0.1, 0.15) is 0 Å². The summed E-state index contributed by atoms with van der Waals surface area (Å²) in [6.07, 6.45) is 3.59. The van der Waals surface area contributed by atoms with Crippen LogP contribution in [-0.4, -0.2) is 12.5 Å². The van der Waals surface area contributed by atoms with Crippen LogP contribution in [0.3, 0.4) is 0 Å². The molecule has 3 N–H and O–H groups in total. The maximum atomic E-state index is 5.82. The number of rotatable bonds is 6. The van der Waals surface area contributed by atoms with Gasteiger partial charge in [0, 0.05) is 12.2 Å². The predicted octanol–water partition coefficient (Wildman–Crippen LogP) is 3.55. The summed E-state index contributed by atoms with van der Waals surface area (Å²) in [5.41, 5.74) is 8.06. The Bertz CT molecular complexity index is 366. The Morgan fingerprint density at radius 1 is 1.22 bits per heavy atom. The van der Waals surface area contributed by atoms with Gasteiger partial charge in [0.25, 0.3) is 0 Å². The average Bonchev–Trinajstić information content (AvgIpc) is 2.31. The van der Waals surface area contributed by atoms with Gasteiger partial charge in [-0.2, -0.15) is 0 Å². The molecule has 0 amide bonds. The van der Waals surface area contributed by atoms with E-state index in [0.29, 0.717) is 5.96 Å². The second-order valence-corrected chi connectivity index (χ2v) is 5.15. The minimum atomic E-state index is 0.503. The fourth-order valence-corrected chi connectivity index (χ4v) is 1.69. The maximum Gasteiger partial charge on any atom is 0.193 e. The predicted molar refractivity (Wildman–Crippen MR) is 80.0 cm³/mol. The van der Waals surface area contributed by atoms with E-state index < -0.39 is 0 Å². The molecule has 100 valence electrons. The van der Waals surface area contributed by atoms with E-state index >= 15 is 0 Å². The molecule has 0 aliphatic rings. The Balaban J connectivity index is 2.27. The first-order chi connectivity index (χ1) is 8.58. The molecule has 1 rings (SSSR count). The number of aliphatic imine (C=N–C) groups is 1. The zero-order valence-corrected chi connectivity index (χ0v) is 11.7. The maximum absolute atomic E-state index is 5.82. The van der Waals surface area contributed by atoms with E-state index in [2.05, 4.69) is 43.2 Å². The Morgan fingerprint density at radius 3 is 2.50 bits per heavy atom. The standard InChI is InChI=1S/C15H25N3/c1-12(2)6-4-5-11-17-15(16)18-14-9-7-13(3)8-10-14/h7-10,12H,4-6,11H2,1-3H3,(H3,16,17,18). The summed E-state index contributed by atoms with van der Waals surface area (Å²) in [6, 6.07) is 8.13. The first kappa shape index (κ1) is 14.6. The van der Waals surface area contributed by atoms with Gasteiger partial charge < -0.3 is 11.1 Å². The molecule has 0 saturated heterocycles. The molecule has 0 fully saturated rings. The monoisotopic (exact) mass is 247 g/mol. The third kappa shape index (κ3) is 6.28. The topological polar surface area (TPSA) is 50.4 Å². The first-order valence-electron chi connectivity index (χ1n) is 6.71. The van der Waals surface area contributed by atoms with Crippen LogP contribution in [0.2, 0.25) is 0 Å². The van der Waals surface area contributed by atoms with Gasteiger partial charge in [-0.15, -0.1) is 0 Å². The first-order valence-corrected chi connectivity index (χ1v) is 6.71. The van der Waals surface area contributed by atoms with E-state index in [1.165, 1.54) is 18.4 Å². The van der Waals surface area contributed by atoms with Crippen molar-refractivity contribution < 1.29 is 0 Å². The highest BCUT2D eigenvalue weighted by molar-refractivity contribution is 5.92. The molecule has 0 aliphatic heterocycles. The van der Waals surface area contributed by atoms with Crippen molar-refractivity contribution in [2.24, 2.45) is 16.6 Å². The van der Waals surface area contributed by atoms with Gasteiger partial charge in [-0.25, -0.2) is 0 Å². The van der Waals surface area contributed by atoms with E-state index in [9.17, 15) is 0 Å².